The summed E-state index contributed by atoms with van der Waals surface area (Å²) in [5, 5.41) is 17.7. The van der Waals surface area contributed by atoms with E-state index in [-0.39, 0.29) is 39.3 Å². The van der Waals surface area contributed by atoms with Crippen LogP contribution in [0.4, 0.5) is 0 Å². The number of hydrogen-bond acceptors (Lipinski definition) is 4. The van der Waals surface area contributed by atoms with Crippen LogP contribution in [-0.4, -0.2) is 23.2 Å². The van der Waals surface area contributed by atoms with Crippen LogP contribution in [0.25, 0.3) is 0 Å². The third-order valence-corrected chi connectivity index (χ3v) is 2.10. The molecule has 0 amide bonds. The van der Waals surface area contributed by atoms with E-state index in [1.807, 2.05) is 0 Å². The zero-order valence-corrected chi connectivity index (χ0v) is 9.38. The van der Waals surface area contributed by atoms with Gasteiger partial charge in [0.2, 0.25) is 0 Å². The number of phenols is 2. The Bertz CT molecular complexity index is 405. The molecule has 0 radical (unpaired) electrons. The van der Waals surface area contributed by atoms with E-state index in [9.17, 15) is 8.42 Å². The van der Waals surface area contributed by atoms with Gasteiger partial charge < -0.3 is 10.2 Å². The molecule has 0 aliphatic heterocycles. The zero-order chi connectivity index (χ0) is 9.35. The molecule has 84 valence electrons. The van der Waals surface area contributed by atoms with Crippen LogP contribution in [0.1, 0.15) is 0 Å². The molecule has 1 aromatic carbocycles. The second-order valence-corrected chi connectivity index (χ2v) is 3.52. The van der Waals surface area contributed by atoms with Crippen LogP contribution in [0.15, 0.2) is 23.1 Å². The van der Waals surface area contributed by atoms with Gasteiger partial charge in [0.25, 0.3) is 10.1 Å². The third kappa shape index (κ3) is 3.86. The molecule has 0 bridgehead atoms. The average molecular weight is 305 g/mol. The SMILES string of the molecule is O=S(=O)(O)c1cc(O)ccc1O.[Fe].[Ni]. The first kappa shape index (κ1) is 16.2. The van der Waals surface area contributed by atoms with Gasteiger partial charge in [-0.3, -0.25) is 4.55 Å². The quantitative estimate of drug-likeness (QED) is 0.395. The minimum atomic E-state index is -4.47. The normalized spacial score (nSPS) is 9.79. The van der Waals surface area contributed by atoms with Gasteiger partial charge in [-0.2, -0.15) is 8.42 Å². The molecule has 1 rings (SSSR count). The van der Waals surface area contributed by atoms with Gasteiger partial charge in [0, 0.05) is 39.6 Å². The molecule has 0 unspecified atom stereocenters. The molecule has 8 heteroatoms. The van der Waals surface area contributed by atoms with Gasteiger partial charge in [-0.15, -0.1) is 0 Å². The molecule has 0 saturated carbocycles. The molecule has 14 heavy (non-hydrogen) atoms. The maximum atomic E-state index is 10.5. The van der Waals surface area contributed by atoms with Gasteiger partial charge in [0.05, 0.1) is 0 Å². The molecule has 0 aliphatic carbocycles. The third-order valence-electron chi connectivity index (χ3n) is 1.22. The molecule has 0 aromatic heterocycles. The topological polar surface area (TPSA) is 94.8 Å². The van der Waals surface area contributed by atoms with Crippen LogP contribution in [-0.2, 0) is 43.7 Å². The van der Waals surface area contributed by atoms with E-state index >= 15 is 0 Å². The molecular weight excluding hydrogens is 299 g/mol. The Labute approximate surface area is 101 Å². The van der Waals surface area contributed by atoms with E-state index in [2.05, 4.69) is 0 Å². The van der Waals surface area contributed by atoms with Crippen LogP contribution in [0.3, 0.4) is 0 Å². The summed E-state index contributed by atoms with van der Waals surface area (Å²) in [5.74, 6) is -0.948. The maximum Gasteiger partial charge on any atom is 0.298 e. The predicted molar refractivity (Wildman–Crippen MR) is 39.6 cm³/mol. The molecule has 3 N–H and O–H groups in total. The Morgan fingerprint density at radius 1 is 1.14 bits per heavy atom. The second-order valence-electron chi connectivity index (χ2n) is 2.13. The van der Waals surface area contributed by atoms with Crippen molar-refractivity contribution in [2.24, 2.45) is 0 Å². The van der Waals surface area contributed by atoms with Crippen molar-refractivity contribution in [3.63, 3.8) is 0 Å². The molecule has 1 aromatic rings. The Kier molecular flexibility index (Phi) is 6.45. The van der Waals surface area contributed by atoms with Crippen molar-refractivity contribution in [2.45, 2.75) is 4.90 Å². The predicted octanol–water partition coefficient (Wildman–Crippen LogP) is 0.339. The van der Waals surface area contributed by atoms with E-state index < -0.39 is 20.8 Å². The Morgan fingerprint density at radius 2 is 1.64 bits per heavy atom. The van der Waals surface area contributed by atoms with Crippen LogP contribution >= 0.6 is 0 Å². The number of phenolic OH excluding ortho intramolecular Hbond substituents is 2. The van der Waals surface area contributed by atoms with E-state index in [0.29, 0.717) is 0 Å². The molecule has 5 nitrogen and oxygen atoms in total. The van der Waals surface area contributed by atoms with Gasteiger partial charge >= 0.3 is 0 Å². The summed E-state index contributed by atoms with van der Waals surface area (Å²) in [7, 11) is -4.47. The number of hydrogen-bond donors (Lipinski definition) is 3. The number of rotatable bonds is 1. The minimum absolute atomic E-state index is 0. The first-order valence-corrected chi connectivity index (χ1v) is 4.35. The van der Waals surface area contributed by atoms with Crippen molar-refractivity contribution in [1.29, 1.82) is 0 Å². The Morgan fingerprint density at radius 3 is 2.00 bits per heavy atom. The van der Waals surface area contributed by atoms with Crippen molar-refractivity contribution in [3.8, 4) is 11.5 Å². The van der Waals surface area contributed by atoms with Crippen LogP contribution in [0, 0.1) is 0 Å². The number of benzene rings is 1. The van der Waals surface area contributed by atoms with Crippen molar-refractivity contribution in [1.82, 2.24) is 0 Å². The van der Waals surface area contributed by atoms with Crippen molar-refractivity contribution in [2.75, 3.05) is 0 Å². The minimum Gasteiger partial charge on any atom is -0.508 e. The van der Waals surface area contributed by atoms with E-state index in [4.69, 9.17) is 14.8 Å². The van der Waals surface area contributed by atoms with Crippen LogP contribution in [0.2, 0.25) is 0 Å². The fourth-order valence-corrected chi connectivity index (χ4v) is 1.31. The standard InChI is InChI=1S/C6H6O5S.Fe.Ni/c7-4-1-2-5(8)6(3-4)12(9,10)11;;/h1-3,7-8H,(H,9,10,11);;. The smallest absolute Gasteiger partial charge is 0.298 e. The Balaban J connectivity index is 0. The summed E-state index contributed by atoms with van der Waals surface area (Å²) >= 11 is 0. The summed E-state index contributed by atoms with van der Waals surface area (Å²) in [4.78, 5) is -0.706. The fourth-order valence-electron chi connectivity index (χ4n) is 0.709. The average Bonchev–Trinajstić information content (AvgIpc) is 1.92. The van der Waals surface area contributed by atoms with Gasteiger partial charge in [-0.05, 0) is 12.1 Å². The maximum absolute atomic E-state index is 10.5. The second kappa shape index (κ2) is 5.58. The fraction of sp³-hybridized carbons (Fsp3) is 0. The Hall–Kier alpha value is -0.257. The van der Waals surface area contributed by atoms with Crippen LogP contribution < -0.4 is 0 Å². The van der Waals surface area contributed by atoms with Crippen LogP contribution in [0.5, 0.6) is 11.5 Å². The molecule has 0 aliphatic rings. The largest absolute Gasteiger partial charge is 0.508 e. The zero-order valence-electron chi connectivity index (χ0n) is 6.47. The molecule has 0 saturated heterocycles. The van der Waals surface area contributed by atoms with Gasteiger partial charge in [0.15, 0.2) is 0 Å². The first-order valence-electron chi connectivity index (χ1n) is 2.91. The summed E-state index contributed by atoms with van der Waals surface area (Å²) in [6, 6.07) is 2.83. The van der Waals surface area contributed by atoms with Crippen molar-refractivity contribution < 1.29 is 56.7 Å². The number of aromatic hydroxyl groups is 2. The van der Waals surface area contributed by atoms with Crippen molar-refractivity contribution >= 4 is 10.1 Å². The van der Waals surface area contributed by atoms with Gasteiger partial charge in [-0.25, -0.2) is 0 Å². The molecule has 0 fully saturated rings. The van der Waals surface area contributed by atoms with E-state index in [0.717, 1.165) is 18.2 Å². The molecule has 0 atom stereocenters. The molecule has 0 spiro atoms. The summed E-state index contributed by atoms with van der Waals surface area (Å²) in [6.07, 6.45) is 0. The molecule has 0 heterocycles. The van der Waals surface area contributed by atoms with E-state index in [1.165, 1.54) is 0 Å². The summed E-state index contributed by atoms with van der Waals surface area (Å²) in [6.45, 7) is 0. The van der Waals surface area contributed by atoms with Gasteiger partial charge in [-0.1, -0.05) is 0 Å². The van der Waals surface area contributed by atoms with Gasteiger partial charge in [0.1, 0.15) is 16.4 Å². The monoisotopic (exact) mass is 304 g/mol. The van der Waals surface area contributed by atoms with E-state index in [1.54, 1.807) is 0 Å². The molecular formula is C6H6FeNiO5S. The summed E-state index contributed by atoms with van der Waals surface area (Å²) < 4.78 is 29.5. The first-order chi connectivity index (χ1) is 5.41. The van der Waals surface area contributed by atoms with Crippen molar-refractivity contribution in [3.05, 3.63) is 18.2 Å². The summed E-state index contributed by atoms with van der Waals surface area (Å²) in [5.41, 5.74) is 0.